The van der Waals surface area contributed by atoms with E-state index >= 15 is 0 Å². The van der Waals surface area contributed by atoms with Gasteiger partial charge in [-0.25, -0.2) is 0 Å². The van der Waals surface area contributed by atoms with Gasteiger partial charge in [0.05, 0.1) is 10.9 Å². The molecule has 1 atom stereocenters. The molecule has 0 radical (unpaired) electrons. The van der Waals surface area contributed by atoms with Crippen molar-refractivity contribution in [2.75, 3.05) is 10.6 Å². The molecule has 0 spiro atoms. The van der Waals surface area contributed by atoms with Crippen molar-refractivity contribution >= 4 is 45.9 Å². The first-order valence-electron chi connectivity index (χ1n) is 11.4. The first-order valence-corrected chi connectivity index (χ1v) is 12.3. The first-order chi connectivity index (χ1) is 17.5. The van der Waals surface area contributed by atoms with E-state index in [4.69, 9.17) is 0 Å². The van der Waals surface area contributed by atoms with Gasteiger partial charge in [-0.15, -0.1) is 10.2 Å². The van der Waals surface area contributed by atoms with Gasteiger partial charge in [-0.05, 0) is 55.5 Å². The summed E-state index contributed by atoms with van der Waals surface area (Å²) in [6.07, 6.45) is 0. The normalized spacial score (nSPS) is 11.8. The average molecular weight is 497 g/mol. The molecule has 0 fully saturated rings. The van der Waals surface area contributed by atoms with Gasteiger partial charge in [-0.2, -0.15) is 0 Å². The lowest BCUT2D eigenvalue weighted by molar-refractivity contribution is -0.115. The number of hydrogen-bond acceptors (Lipinski definition) is 5. The fourth-order valence-electron chi connectivity index (χ4n) is 3.82. The molecule has 0 saturated carbocycles. The molecule has 3 N–H and O–H groups in total. The number of benzene rings is 3. The van der Waals surface area contributed by atoms with Crippen LogP contribution in [-0.2, 0) is 9.59 Å². The molecule has 2 aromatic heterocycles. The molecular weight excluding hydrogens is 472 g/mol. The van der Waals surface area contributed by atoms with Crippen molar-refractivity contribution in [2.24, 2.45) is 0 Å². The van der Waals surface area contributed by atoms with Crippen LogP contribution in [0.1, 0.15) is 13.8 Å². The van der Waals surface area contributed by atoms with E-state index in [2.05, 4.69) is 25.8 Å². The topological polar surface area (TPSA) is 105 Å². The summed E-state index contributed by atoms with van der Waals surface area (Å²) in [4.78, 5) is 27.6. The van der Waals surface area contributed by atoms with E-state index in [9.17, 15) is 9.59 Å². The Hall–Kier alpha value is -4.37. The highest BCUT2D eigenvalue weighted by atomic mass is 32.2. The zero-order valence-electron chi connectivity index (χ0n) is 19.7. The number of hydrogen-bond donors (Lipinski definition) is 3. The number of anilines is 2. The van der Waals surface area contributed by atoms with Crippen LogP contribution in [0.3, 0.4) is 0 Å². The number of amides is 2. The molecule has 180 valence electrons. The van der Waals surface area contributed by atoms with E-state index < -0.39 is 5.25 Å². The standard InChI is InChI=1S/C27H24N6O2S/c1-17(26(35)29-21-14-12-20(13-15-21)28-18(2)34)36-27-32-31-25(33(27)22-9-4-3-5-10-22)24-16-19-8-6-7-11-23(19)30-24/h3-17,30H,1-2H3,(H,28,34)(H,29,35). The zero-order valence-corrected chi connectivity index (χ0v) is 20.5. The highest BCUT2D eigenvalue weighted by molar-refractivity contribution is 8.00. The van der Waals surface area contributed by atoms with Gasteiger partial charge in [0.25, 0.3) is 0 Å². The molecule has 9 heteroatoms. The SMILES string of the molecule is CC(=O)Nc1ccc(NC(=O)C(C)Sc2nnc(-c3cc4ccccc4[nH]3)n2-c2ccccc2)cc1. The Morgan fingerprint density at radius 1 is 0.889 bits per heavy atom. The van der Waals surface area contributed by atoms with Gasteiger partial charge in [0, 0.05) is 34.9 Å². The van der Waals surface area contributed by atoms with Gasteiger partial charge >= 0.3 is 0 Å². The highest BCUT2D eigenvalue weighted by Gasteiger charge is 2.22. The number of para-hydroxylation sites is 2. The number of carbonyl (C=O) groups excluding carboxylic acids is 2. The lowest BCUT2D eigenvalue weighted by Crippen LogP contribution is -2.23. The summed E-state index contributed by atoms with van der Waals surface area (Å²) in [7, 11) is 0. The van der Waals surface area contributed by atoms with Crippen molar-refractivity contribution in [3.05, 3.63) is 84.9 Å². The van der Waals surface area contributed by atoms with E-state index in [0.29, 0.717) is 22.4 Å². The third kappa shape index (κ3) is 5.01. The number of rotatable bonds is 7. The van der Waals surface area contributed by atoms with Crippen molar-refractivity contribution < 1.29 is 9.59 Å². The Kier molecular flexibility index (Phi) is 6.55. The minimum atomic E-state index is -0.442. The molecule has 0 aliphatic rings. The van der Waals surface area contributed by atoms with Gasteiger partial charge in [0.15, 0.2) is 11.0 Å². The van der Waals surface area contributed by atoms with E-state index in [1.807, 2.05) is 72.2 Å². The molecule has 5 rings (SSSR count). The van der Waals surface area contributed by atoms with Gasteiger partial charge in [-0.1, -0.05) is 48.2 Å². The number of fused-ring (bicyclic) bond motifs is 1. The maximum Gasteiger partial charge on any atom is 0.237 e. The number of thioether (sulfide) groups is 1. The van der Waals surface area contributed by atoms with Crippen molar-refractivity contribution in [3.63, 3.8) is 0 Å². The molecule has 5 aromatic rings. The van der Waals surface area contributed by atoms with E-state index in [1.54, 1.807) is 24.3 Å². The number of nitrogens with one attached hydrogen (secondary N) is 3. The van der Waals surface area contributed by atoms with Crippen molar-refractivity contribution in [1.29, 1.82) is 0 Å². The van der Waals surface area contributed by atoms with Crippen LogP contribution in [0.5, 0.6) is 0 Å². The third-order valence-electron chi connectivity index (χ3n) is 5.54. The van der Waals surface area contributed by atoms with Crippen LogP contribution in [0.2, 0.25) is 0 Å². The fourth-order valence-corrected chi connectivity index (χ4v) is 4.69. The molecule has 2 amide bonds. The maximum absolute atomic E-state index is 13.0. The quantitative estimate of drug-likeness (QED) is 0.258. The predicted octanol–water partition coefficient (Wildman–Crippen LogP) is 5.49. The molecule has 0 aliphatic heterocycles. The van der Waals surface area contributed by atoms with Crippen molar-refractivity contribution in [3.8, 4) is 17.2 Å². The molecule has 0 bridgehead atoms. The summed E-state index contributed by atoms with van der Waals surface area (Å²) < 4.78 is 1.96. The second-order valence-corrected chi connectivity index (χ2v) is 9.56. The fraction of sp³-hybridized carbons (Fsp3) is 0.111. The number of H-pyrrole nitrogens is 1. The largest absolute Gasteiger partial charge is 0.352 e. The molecule has 36 heavy (non-hydrogen) atoms. The van der Waals surface area contributed by atoms with Gasteiger partial charge < -0.3 is 15.6 Å². The minimum Gasteiger partial charge on any atom is -0.352 e. The lowest BCUT2D eigenvalue weighted by atomic mass is 10.2. The van der Waals surface area contributed by atoms with Crippen LogP contribution >= 0.6 is 11.8 Å². The Morgan fingerprint density at radius 3 is 2.25 bits per heavy atom. The Bertz CT molecular complexity index is 1490. The highest BCUT2D eigenvalue weighted by Crippen LogP contribution is 2.31. The summed E-state index contributed by atoms with van der Waals surface area (Å²) >= 11 is 1.33. The summed E-state index contributed by atoms with van der Waals surface area (Å²) in [6.45, 7) is 3.28. The molecule has 2 heterocycles. The van der Waals surface area contributed by atoms with Gasteiger partial charge in [0.2, 0.25) is 11.8 Å². The third-order valence-corrected chi connectivity index (χ3v) is 6.59. The van der Waals surface area contributed by atoms with Crippen LogP contribution in [0.4, 0.5) is 11.4 Å². The average Bonchev–Trinajstić information content (AvgIpc) is 3.49. The number of nitrogens with zero attached hydrogens (tertiary/aromatic N) is 3. The number of aromatic amines is 1. The zero-order chi connectivity index (χ0) is 25.1. The van der Waals surface area contributed by atoms with Gasteiger partial charge in [-0.3, -0.25) is 14.2 Å². The smallest absolute Gasteiger partial charge is 0.237 e. The van der Waals surface area contributed by atoms with Crippen LogP contribution in [0.15, 0.2) is 90.1 Å². The number of aromatic nitrogens is 4. The summed E-state index contributed by atoms with van der Waals surface area (Å²) in [5, 5.41) is 15.8. The van der Waals surface area contributed by atoms with Crippen LogP contribution < -0.4 is 10.6 Å². The minimum absolute atomic E-state index is 0.147. The predicted molar refractivity (Wildman–Crippen MR) is 143 cm³/mol. The summed E-state index contributed by atoms with van der Waals surface area (Å²) in [5.74, 6) is 0.356. The Labute approximate surface area is 212 Å². The number of carbonyl (C=O) groups is 2. The monoisotopic (exact) mass is 496 g/mol. The summed E-state index contributed by atoms with van der Waals surface area (Å²) in [5.41, 5.74) is 4.07. The molecule has 8 nitrogen and oxygen atoms in total. The Morgan fingerprint density at radius 2 is 1.56 bits per heavy atom. The van der Waals surface area contributed by atoms with E-state index in [0.717, 1.165) is 22.3 Å². The summed E-state index contributed by atoms with van der Waals surface area (Å²) in [6, 6.07) is 26.9. The Balaban J connectivity index is 1.40. The van der Waals surface area contributed by atoms with Gasteiger partial charge in [0.1, 0.15) is 0 Å². The lowest BCUT2D eigenvalue weighted by Gasteiger charge is -2.14. The van der Waals surface area contributed by atoms with Crippen molar-refractivity contribution in [2.45, 2.75) is 24.3 Å². The van der Waals surface area contributed by atoms with E-state index in [1.165, 1.54) is 18.7 Å². The van der Waals surface area contributed by atoms with E-state index in [-0.39, 0.29) is 11.8 Å². The van der Waals surface area contributed by atoms with Crippen LogP contribution in [0, 0.1) is 0 Å². The molecule has 3 aromatic carbocycles. The first kappa shape index (κ1) is 23.4. The second kappa shape index (κ2) is 10.1. The van der Waals surface area contributed by atoms with Crippen molar-refractivity contribution in [1.82, 2.24) is 19.7 Å². The van der Waals surface area contributed by atoms with Crippen LogP contribution in [0.25, 0.3) is 28.1 Å². The molecule has 0 aliphatic carbocycles. The maximum atomic E-state index is 13.0. The molecular formula is C27H24N6O2S. The van der Waals surface area contributed by atoms with Crippen LogP contribution in [-0.4, -0.2) is 36.8 Å². The second-order valence-electron chi connectivity index (χ2n) is 8.26. The molecule has 0 saturated heterocycles. The molecule has 1 unspecified atom stereocenters.